The van der Waals surface area contributed by atoms with Gasteiger partial charge in [0.25, 0.3) is 0 Å². The van der Waals surface area contributed by atoms with Crippen molar-refractivity contribution in [2.24, 2.45) is 5.16 Å². The zero-order chi connectivity index (χ0) is 21.2. The summed E-state index contributed by atoms with van der Waals surface area (Å²) in [6, 6.07) is 16.0. The number of aryl methyl sites for hydroxylation is 1. The van der Waals surface area contributed by atoms with Crippen LogP contribution in [-0.4, -0.2) is 38.5 Å². The lowest BCUT2D eigenvalue weighted by Crippen LogP contribution is -2.37. The molecule has 1 aromatic heterocycles. The van der Waals surface area contributed by atoms with Gasteiger partial charge in [0.05, 0.1) is 17.7 Å². The number of phenols is 1. The second kappa shape index (κ2) is 8.30. The van der Waals surface area contributed by atoms with E-state index in [4.69, 9.17) is 4.84 Å². The van der Waals surface area contributed by atoms with Crippen LogP contribution in [0.4, 0.5) is 0 Å². The number of fused-ring (bicyclic) bond motifs is 1. The molecular weight excluding hydrogens is 388 g/mol. The number of oxime groups is 1. The summed E-state index contributed by atoms with van der Waals surface area (Å²) in [5.41, 5.74) is 4.88. The fourth-order valence-electron chi connectivity index (χ4n) is 4.29. The van der Waals surface area contributed by atoms with Gasteiger partial charge in [-0.3, -0.25) is 0 Å². The summed E-state index contributed by atoms with van der Waals surface area (Å²) >= 11 is 0. The minimum Gasteiger partial charge on any atom is -0.506 e. The van der Waals surface area contributed by atoms with E-state index in [2.05, 4.69) is 33.2 Å². The quantitative estimate of drug-likeness (QED) is 0.666. The van der Waals surface area contributed by atoms with E-state index in [0.29, 0.717) is 5.69 Å². The molecule has 0 aliphatic carbocycles. The van der Waals surface area contributed by atoms with E-state index < -0.39 is 0 Å². The Hall–Kier alpha value is -3.54. The topological polar surface area (TPSA) is 62.9 Å². The largest absolute Gasteiger partial charge is 0.506 e. The van der Waals surface area contributed by atoms with Crippen molar-refractivity contribution < 1.29 is 9.94 Å². The zero-order valence-electron chi connectivity index (χ0n) is 17.6. The highest BCUT2D eigenvalue weighted by Gasteiger charge is 2.27. The molecule has 0 amide bonds. The van der Waals surface area contributed by atoms with E-state index in [1.54, 1.807) is 12.4 Å². The molecule has 31 heavy (non-hydrogen) atoms. The third-order valence-electron chi connectivity index (χ3n) is 5.89. The Kier molecular flexibility index (Phi) is 5.20. The van der Waals surface area contributed by atoms with Gasteiger partial charge in [-0.25, -0.2) is 4.98 Å². The van der Waals surface area contributed by atoms with E-state index in [0.717, 1.165) is 60.6 Å². The molecule has 0 spiro atoms. The average molecular weight is 415 g/mol. The van der Waals surface area contributed by atoms with E-state index in [1.165, 1.54) is 0 Å². The smallest absolute Gasteiger partial charge is 0.171 e. The standard InChI is InChI=1S/C25H26N4O2/c1-18-16-29(17-26-18)22-10-9-19(15-23(22)30)14-21-8-5-12-28-13-11-24(31-27-25(21)28)20-6-3-2-4-7-20/h2-4,6-7,9-10,14-17,24,30H,5,8,11-13H2,1H3/b21-14+/t24-/m0/s1. The highest BCUT2D eigenvalue weighted by molar-refractivity contribution is 6.02. The second-order valence-corrected chi connectivity index (χ2v) is 8.14. The third kappa shape index (κ3) is 4.06. The minimum atomic E-state index is -0.0254. The minimum absolute atomic E-state index is 0.0254. The maximum absolute atomic E-state index is 10.6. The lowest BCUT2D eigenvalue weighted by molar-refractivity contribution is 0.0576. The normalized spacial score (nSPS) is 20.0. The van der Waals surface area contributed by atoms with Gasteiger partial charge in [0.1, 0.15) is 5.75 Å². The molecule has 5 rings (SSSR count). The molecule has 6 heteroatoms. The first-order valence-electron chi connectivity index (χ1n) is 10.8. The summed E-state index contributed by atoms with van der Waals surface area (Å²) < 4.78 is 1.83. The number of rotatable bonds is 3. The Labute approximate surface area is 182 Å². The van der Waals surface area contributed by atoms with Gasteiger partial charge < -0.3 is 19.4 Å². The molecule has 1 atom stereocenters. The Morgan fingerprint density at radius 2 is 2.00 bits per heavy atom. The Morgan fingerprint density at radius 1 is 1.13 bits per heavy atom. The first kappa shape index (κ1) is 19.4. The molecule has 0 radical (unpaired) electrons. The number of aromatic nitrogens is 2. The van der Waals surface area contributed by atoms with Gasteiger partial charge in [0.15, 0.2) is 11.9 Å². The summed E-state index contributed by atoms with van der Waals surface area (Å²) in [6.07, 6.45) is 8.62. The van der Waals surface area contributed by atoms with Crippen LogP contribution in [0.5, 0.6) is 5.75 Å². The lowest BCUT2D eigenvalue weighted by Gasteiger charge is -2.29. The van der Waals surface area contributed by atoms with Crippen LogP contribution in [0.25, 0.3) is 11.8 Å². The summed E-state index contributed by atoms with van der Waals surface area (Å²) in [7, 11) is 0. The highest BCUT2D eigenvalue weighted by atomic mass is 16.6. The first-order chi connectivity index (χ1) is 15.2. The molecule has 158 valence electrons. The van der Waals surface area contributed by atoms with E-state index >= 15 is 0 Å². The third-order valence-corrected chi connectivity index (χ3v) is 5.89. The number of imidazole rings is 1. The van der Waals surface area contributed by atoms with Gasteiger partial charge in [0.2, 0.25) is 0 Å². The fourth-order valence-corrected chi connectivity index (χ4v) is 4.29. The van der Waals surface area contributed by atoms with Crippen molar-refractivity contribution in [2.75, 3.05) is 13.1 Å². The molecule has 3 aromatic rings. The Morgan fingerprint density at radius 3 is 2.77 bits per heavy atom. The van der Waals surface area contributed by atoms with Crippen LogP contribution >= 0.6 is 0 Å². The number of amidine groups is 1. The van der Waals surface area contributed by atoms with E-state index in [9.17, 15) is 5.11 Å². The molecule has 2 aromatic carbocycles. The number of nitrogens with zero attached hydrogens (tertiary/aromatic N) is 4. The van der Waals surface area contributed by atoms with Crippen molar-refractivity contribution in [2.45, 2.75) is 32.3 Å². The van der Waals surface area contributed by atoms with E-state index in [-0.39, 0.29) is 11.9 Å². The van der Waals surface area contributed by atoms with Crippen molar-refractivity contribution in [1.29, 1.82) is 0 Å². The van der Waals surface area contributed by atoms with Gasteiger partial charge >= 0.3 is 0 Å². The van der Waals surface area contributed by atoms with Crippen molar-refractivity contribution in [3.63, 3.8) is 0 Å². The van der Waals surface area contributed by atoms with Gasteiger partial charge in [-0.1, -0.05) is 41.6 Å². The van der Waals surface area contributed by atoms with Gasteiger partial charge in [0, 0.05) is 25.7 Å². The molecule has 1 N–H and O–H groups in total. The summed E-state index contributed by atoms with van der Waals surface area (Å²) in [6.45, 7) is 3.84. The summed E-state index contributed by atoms with van der Waals surface area (Å²) in [4.78, 5) is 12.5. The van der Waals surface area contributed by atoms with Crippen LogP contribution in [0.3, 0.4) is 0 Å². The number of benzene rings is 2. The maximum Gasteiger partial charge on any atom is 0.171 e. The van der Waals surface area contributed by atoms with Crippen molar-refractivity contribution >= 4 is 11.9 Å². The zero-order valence-corrected chi connectivity index (χ0v) is 17.6. The van der Waals surface area contributed by atoms with Crippen LogP contribution in [0.15, 0.2) is 71.8 Å². The van der Waals surface area contributed by atoms with Gasteiger partial charge in [-0.15, -0.1) is 0 Å². The number of hydrogen-bond donors (Lipinski definition) is 1. The maximum atomic E-state index is 10.6. The molecular formula is C25H26N4O2. The van der Waals surface area contributed by atoms with E-state index in [1.807, 2.05) is 48.0 Å². The fraction of sp³-hybridized carbons (Fsp3) is 0.280. The van der Waals surface area contributed by atoms with Crippen molar-refractivity contribution in [1.82, 2.24) is 14.5 Å². The lowest BCUT2D eigenvalue weighted by atomic mass is 9.99. The molecule has 0 bridgehead atoms. The molecule has 2 aliphatic rings. The molecule has 1 fully saturated rings. The van der Waals surface area contributed by atoms with Crippen LogP contribution in [0, 0.1) is 6.92 Å². The predicted octanol–water partition coefficient (Wildman–Crippen LogP) is 4.84. The second-order valence-electron chi connectivity index (χ2n) is 8.14. The number of aromatic hydroxyl groups is 1. The Bertz CT molecular complexity index is 1130. The SMILES string of the molecule is Cc1cn(-c2ccc(/C=C3\CCCN4CC[C@@H](c5ccccc5)ON=C34)cc2O)cn1. The summed E-state index contributed by atoms with van der Waals surface area (Å²) in [5.74, 6) is 1.14. The molecule has 2 aliphatic heterocycles. The molecule has 3 heterocycles. The molecule has 0 saturated carbocycles. The van der Waals surface area contributed by atoms with Crippen LogP contribution in [0.2, 0.25) is 0 Å². The van der Waals surface area contributed by atoms with Gasteiger partial charge in [-0.2, -0.15) is 0 Å². The van der Waals surface area contributed by atoms with Gasteiger partial charge in [-0.05, 0) is 54.7 Å². The number of piperidine rings is 1. The predicted molar refractivity (Wildman–Crippen MR) is 121 cm³/mol. The number of hydrogen-bond acceptors (Lipinski definition) is 5. The molecule has 1 saturated heterocycles. The van der Waals surface area contributed by atoms with Crippen LogP contribution in [0.1, 0.15) is 42.2 Å². The first-order valence-corrected chi connectivity index (χ1v) is 10.8. The van der Waals surface area contributed by atoms with Crippen LogP contribution in [-0.2, 0) is 4.84 Å². The monoisotopic (exact) mass is 414 g/mol. The molecule has 0 unspecified atom stereocenters. The average Bonchev–Trinajstić information content (AvgIpc) is 3.09. The molecule has 6 nitrogen and oxygen atoms in total. The van der Waals surface area contributed by atoms with Crippen LogP contribution < -0.4 is 0 Å². The Balaban J connectivity index is 1.41. The van der Waals surface area contributed by atoms with Crippen molar-refractivity contribution in [3.8, 4) is 11.4 Å². The summed E-state index contributed by atoms with van der Waals surface area (Å²) in [5, 5.41) is 15.1. The highest BCUT2D eigenvalue weighted by Crippen LogP contribution is 2.30. The van der Waals surface area contributed by atoms with Crippen molar-refractivity contribution in [3.05, 3.63) is 83.4 Å². The number of phenolic OH excluding ortho intramolecular Hbond substituents is 1.